The van der Waals surface area contributed by atoms with Gasteiger partial charge < -0.3 is 10.4 Å². The Hall–Kier alpha value is -2.07. The molecule has 1 aromatic carbocycles. The maximum absolute atomic E-state index is 12.4. The van der Waals surface area contributed by atoms with Crippen LogP contribution < -0.4 is 10.8 Å². The third-order valence-electron chi connectivity index (χ3n) is 4.31. The van der Waals surface area contributed by atoms with E-state index in [2.05, 4.69) is 29.0 Å². The number of amides is 2. The number of nitrogens with one attached hydrogen (secondary N) is 2. The number of carbonyl (C=O) groups is 2. The zero-order chi connectivity index (χ0) is 18.7. The second-order valence-electron chi connectivity index (χ2n) is 6.42. The number of aliphatic hydroxyl groups is 1. The number of alkyl halides is 1. The Balaban J connectivity index is 1.65. The minimum atomic E-state index is -1.35. The van der Waals surface area contributed by atoms with Gasteiger partial charge in [-0.25, -0.2) is 5.48 Å². The van der Waals surface area contributed by atoms with Gasteiger partial charge in [-0.2, -0.15) is 0 Å². The molecule has 26 heavy (non-hydrogen) atoms. The van der Waals surface area contributed by atoms with Gasteiger partial charge in [0.1, 0.15) is 11.6 Å². The third kappa shape index (κ3) is 4.36. The summed E-state index contributed by atoms with van der Waals surface area (Å²) in [5.74, 6) is 10.7. The van der Waals surface area contributed by atoms with Crippen LogP contribution in [0.15, 0.2) is 24.3 Å². The van der Waals surface area contributed by atoms with E-state index in [1.807, 2.05) is 22.6 Å². The van der Waals surface area contributed by atoms with Gasteiger partial charge in [-0.1, -0.05) is 34.4 Å². The van der Waals surface area contributed by atoms with Crippen LogP contribution in [-0.4, -0.2) is 37.7 Å². The molecule has 0 radical (unpaired) electrons. The summed E-state index contributed by atoms with van der Waals surface area (Å²) in [6.07, 6.45) is 2.67. The van der Waals surface area contributed by atoms with Gasteiger partial charge >= 0.3 is 0 Å². The molecule has 0 heterocycles. The summed E-state index contributed by atoms with van der Waals surface area (Å²) < 4.78 is -0.169. The standard InChI is InChI=1S/C19H17IN2O4/c20-15-11-19(15,25)16(18(24)22-26)21-17(23)14-9-7-13(8-10-14)4-2-1-3-12-5-6-12/h7-10,12,15-16,25-26H,5-6,11H2,(H,21,23)(H,22,24). The molecule has 1 aromatic rings. The van der Waals surface area contributed by atoms with Crippen LogP contribution in [0, 0.1) is 29.6 Å². The summed E-state index contributed by atoms with van der Waals surface area (Å²) in [7, 11) is 0. The van der Waals surface area contributed by atoms with Crippen LogP contribution in [0.5, 0.6) is 0 Å². The Kier molecular flexibility index (Phi) is 5.52. The number of hydroxylamine groups is 1. The van der Waals surface area contributed by atoms with Crippen molar-refractivity contribution in [1.29, 1.82) is 0 Å². The highest BCUT2D eigenvalue weighted by atomic mass is 127. The molecule has 0 bridgehead atoms. The van der Waals surface area contributed by atoms with Crippen molar-refractivity contribution in [3.8, 4) is 23.7 Å². The smallest absolute Gasteiger partial charge is 0.268 e. The van der Waals surface area contributed by atoms with Crippen molar-refractivity contribution < 1.29 is 19.9 Å². The van der Waals surface area contributed by atoms with E-state index in [-0.39, 0.29) is 3.92 Å². The van der Waals surface area contributed by atoms with Crippen molar-refractivity contribution in [2.75, 3.05) is 0 Å². The van der Waals surface area contributed by atoms with Gasteiger partial charge in [-0.3, -0.25) is 14.8 Å². The lowest BCUT2D eigenvalue weighted by Gasteiger charge is -2.22. The quantitative estimate of drug-likeness (QED) is 0.176. The lowest BCUT2D eigenvalue weighted by molar-refractivity contribution is -0.134. The molecule has 6 nitrogen and oxygen atoms in total. The molecule has 2 aliphatic rings. The Morgan fingerprint density at radius 1 is 1.23 bits per heavy atom. The second-order valence-corrected chi connectivity index (χ2v) is 7.92. The molecule has 4 N–H and O–H groups in total. The minimum absolute atomic E-state index is 0.169. The number of carbonyl (C=O) groups excluding carboxylic acids is 2. The van der Waals surface area contributed by atoms with Gasteiger partial charge in [0.2, 0.25) is 0 Å². The predicted octanol–water partition coefficient (Wildman–Crippen LogP) is 0.994. The lowest BCUT2D eigenvalue weighted by Crippen LogP contribution is -2.55. The zero-order valence-electron chi connectivity index (χ0n) is 13.8. The van der Waals surface area contributed by atoms with Crippen LogP contribution in [0.3, 0.4) is 0 Å². The molecule has 0 aliphatic heterocycles. The molecular weight excluding hydrogens is 447 g/mol. The molecule has 3 atom stereocenters. The minimum Gasteiger partial charge on any atom is -0.386 e. The van der Waals surface area contributed by atoms with Crippen molar-refractivity contribution in [3.63, 3.8) is 0 Å². The van der Waals surface area contributed by atoms with Crippen LogP contribution in [0.4, 0.5) is 0 Å². The Labute approximate surface area is 164 Å². The SMILES string of the molecule is O=C(NC(C(=O)NO)C1(O)CC1I)c1ccc(C#CC#CC2CC2)cc1. The van der Waals surface area contributed by atoms with Crippen molar-refractivity contribution in [2.24, 2.45) is 5.92 Å². The Morgan fingerprint density at radius 2 is 1.88 bits per heavy atom. The third-order valence-corrected chi connectivity index (χ3v) is 5.83. The van der Waals surface area contributed by atoms with E-state index < -0.39 is 23.5 Å². The summed E-state index contributed by atoms with van der Waals surface area (Å²) in [4.78, 5) is 24.2. The van der Waals surface area contributed by atoms with Gasteiger partial charge in [0.25, 0.3) is 11.8 Å². The molecule has 3 unspecified atom stereocenters. The Morgan fingerprint density at radius 3 is 2.42 bits per heavy atom. The van der Waals surface area contributed by atoms with E-state index in [1.54, 1.807) is 24.3 Å². The molecule has 0 aromatic heterocycles. The Bertz CT molecular complexity index is 842. The molecule has 2 aliphatic carbocycles. The fourth-order valence-electron chi connectivity index (χ4n) is 2.40. The van der Waals surface area contributed by atoms with Crippen LogP contribution in [0.1, 0.15) is 35.2 Å². The van der Waals surface area contributed by atoms with Crippen LogP contribution in [-0.2, 0) is 4.79 Å². The van der Waals surface area contributed by atoms with Gasteiger partial charge in [0.05, 0.1) is 0 Å². The number of hydrogen-bond donors (Lipinski definition) is 4. The van der Waals surface area contributed by atoms with Crippen LogP contribution in [0.25, 0.3) is 0 Å². The monoisotopic (exact) mass is 464 g/mol. The number of rotatable bonds is 4. The van der Waals surface area contributed by atoms with Gasteiger partial charge in [0.15, 0.2) is 0 Å². The molecule has 0 spiro atoms. The maximum Gasteiger partial charge on any atom is 0.268 e. The van der Waals surface area contributed by atoms with Gasteiger partial charge in [0, 0.05) is 21.0 Å². The highest BCUT2D eigenvalue weighted by Crippen LogP contribution is 2.45. The second kappa shape index (κ2) is 7.67. The molecule has 0 saturated heterocycles. The molecule has 3 rings (SSSR count). The molecule has 2 saturated carbocycles. The fraction of sp³-hybridized carbons (Fsp3) is 0.368. The van der Waals surface area contributed by atoms with Gasteiger partial charge in [-0.15, -0.1) is 0 Å². The first kappa shape index (κ1) is 18.7. The maximum atomic E-state index is 12.4. The number of benzene rings is 1. The largest absolute Gasteiger partial charge is 0.386 e. The average molecular weight is 464 g/mol. The van der Waals surface area contributed by atoms with Crippen molar-refractivity contribution >= 4 is 34.4 Å². The van der Waals surface area contributed by atoms with E-state index in [0.29, 0.717) is 17.9 Å². The summed E-state index contributed by atoms with van der Waals surface area (Å²) in [5.41, 5.74) is 1.19. The molecule has 134 valence electrons. The molecule has 7 heteroatoms. The summed E-state index contributed by atoms with van der Waals surface area (Å²) in [5, 5.41) is 21.7. The zero-order valence-corrected chi connectivity index (χ0v) is 15.9. The van der Waals surface area contributed by atoms with E-state index in [1.165, 1.54) is 5.48 Å². The summed E-state index contributed by atoms with van der Waals surface area (Å²) >= 11 is 2.00. The van der Waals surface area contributed by atoms with Crippen LogP contribution in [0.2, 0.25) is 0 Å². The first-order chi connectivity index (χ1) is 12.4. The van der Waals surface area contributed by atoms with Gasteiger partial charge in [-0.05, 0) is 55.4 Å². The average Bonchev–Trinajstić information content (AvgIpc) is 3.56. The van der Waals surface area contributed by atoms with E-state index in [9.17, 15) is 14.7 Å². The highest BCUT2D eigenvalue weighted by Gasteiger charge is 2.60. The van der Waals surface area contributed by atoms with Crippen molar-refractivity contribution in [3.05, 3.63) is 35.4 Å². The van der Waals surface area contributed by atoms with Crippen molar-refractivity contribution in [2.45, 2.75) is 34.8 Å². The predicted molar refractivity (Wildman–Crippen MR) is 102 cm³/mol. The summed E-state index contributed by atoms with van der Waals surface area (Å²) in [6.45, 7) is 0. The first-order valence-electron chi connectivity index (χ1n) is 8.17. The normalized spacial score (nSPS) is 24.2. The summed E-state index contributed by atoms with van der Waals surface area (Å²) in [6, 6.07) is 5.32. The molecule has 2 fully saturated rings. The van der Waals surface area contributed by atoms with Crippen molar-refractivity contribution in [1.82, 2.24) is 10.8 Å². The highest BCUT2D eigenvalue weighted by molar-refractivity contribution is 14.1. The van der Waals surface area contributed by atoms with E-state index in [0.717, 1.165) is 18.4 Å². The molecular formula is C19H17IN2O4. The first-order valence-corrected chi connectivity index (χ1v) is 9.41. The topological polar surface area (TPSA) is 98.7 Å². The number of hydrogen-bond acceptors (Lipinski definition) is 4. The van der Waals surface area contributed by atoms with E-state index >= 15 is 0 Å². The van der Waals surface area contributed by atoms with Crippen LogP contribution >= 0.6 is 22.6 Å². The number of halogens is 1. The fourth-order valence-corrected chi connectivity index (χ4v) is 3.46. The molecule has 2 amide bonds. The van der Waals surface area contributed by atoms with E-state index in [4.69, 9.17) is 5.21 Å². The lowest BCUT2D eigenvalue weighted by atomic mass is 10.1.